The van der Waals surface area contributed by atoms with Gasteiger partial charge in [0.2, 0.25) is 5.95 Å². The third kappa shape index (κ3) is 2.77. The van der Waals surface area contributed by atoms with Gasteiger partial charge >= 0.3 is 0 Å². The van der Waals surface area contributed by atoms with Crippen LogP contribution in [0.2, 0.25) is 0 Å². The minimum absolute atomic E-state index is 0.274. The van der Waals surface area contributed by atoms with Gasteiger partial charge in [0.1, 0.15) is 17.3 Å². The molecule has 120 valence electrons. The van der Waals surface area contributed by atoms with Crippen LogP contribution in [0.1, 0.15) is 13.8 Å². The van der Waals surface area contributed by atoms with Crippen LogP contribution in [-0.4, -0.2) is 40.1 Å². The van der Waals surface area contributed by atoms with E-state index in [0.29, 0.717) is 0 Å². The van der Waals surface area contributed by atoms with Crippen LogP contribution in [0.4, 0.5) is 17.6 Å². The highest BCUT2D eigenvalue weighted by Gasteiger charge is 2.13. The van der Waals surface area contributed by atoms with Crippen LogP contribution in [0.15, 0.2) is 24.4 Å². The Kier molecular flexibility index (Phi) is 4.01. The van der Waals surface area contributed by atoms with Crippen molar-refractivity contribution in [2.24, 2.45) is 0 Å². The monoisotopic (exact) mass is 311 g/mol. The van der Waals surface area contributed by atoms with Gasteiger partial charge in [0.15, 0.2) is 0 Å². The first kappa shape index (κ1) is 15.1. The maximum Gasteiger partial charge on any atom is 0.222 e. The first-order chi connectivity index (χ1) is 11.2. The van der Waals surface area contributed by atoms with E-state index in [1.807, 2.05) is 31.4 Å². The number of pyridine rings is 1. The molecule has 0 atom stereocenters. The molecule has 0 saturated carbocycles. The lowest BCUT2D eigenvalue weighted by Gasteiger charge is -2.20. The van der Waals surface area contributed by atoms with E-state index in [4.69, 9.17) is 5.73 Å². The Balaban J connectivity index is 2.20. The zero-order valence-corrected chi connectivity index (χ0v) is 13.6. The quantitative estimate of drug-likeness (QED) is 0.670. The van der Waals surface area contributed by atoms with Crippen LogP contribution in [0.25, 0.3) is 22.3 Å². The summed E-state index contributed by atoms with van der Waals surface area (Å²) in [6.07, 6.45) is 1.87. The van der Waals surface area contributed by atoms with Crippen LogP contribution in [0.3, 0.4) is 0 Å². The molecule has 0 aliphatic rings. The van der Waals surface area contributed by atoms with Crippen molar-refractivity contribution in [3.8, 4) is 11.3 Å². The molecule has 0 radical (unpaired) electrons. The van der Waals surface area contributed by atoms with E-state index in [-0.39, 0.29) is 5.95 Å². The van der Waals surface area contributed by atoms with Gasteiger partial charge in [-0.25, -0.2) is 9.97 Å². The van der Waals surface area contributed by atoms with Crippen LogP contribution < -0.4 is 16.0 Å². The predicted octanol–water partition coefficient (Wildman–Crippen LogP) is 2.49. The number of nitrogens with one attached hydrogen (secondary N) is 2. The smallest absolute Gasteiger partial charge is 0.222 e. The number of anilines is 3. The number of aromatic amines is 1. The molecule has 0 spiro atoms. The molecule has 3 aromatic heterocycles. The average Bonchev–Trinajstić information content (AvgIpc) is 3.03. The molecule has 0 bridgehead atoms. The first-order valence-corrected chi connectivity index (χ1v) is 7.72. The summed E-state index contributed by atoms with van der Waals surface area (Å²) in [6.45, 7) is 5.92. The fourth-order valence-corrected chi connectivity index (χ4v) is 2.68. The van der Waals surface area contributed by atoms with Crippen molar-refractivity contribution >= 4 is 28.6 Å². The molecule has 23 heavy (non-hydrogen) atoms. The van der Waals surface area contributed by atoms with Gasteiger partial charge in [0, 0.05) is 43.4 Å². The molecule has 0 aromatic carbocycles. The third-order valence-corrected chi connectivity index (χ3v) is 3.88. The maximum atomic E-state index is 5.95. The molecule has 0 amide bonds. The van der Waals surface area contributed by atoms with Crippen LogP contribution >= 0.6 is 0 Å². The van der Waals surface area contributed by atoms with E-state index in [1.165, 1.54) is 0 Å². The summed E-state index contributed by atoms with van der Waals surface area (Å²) < 4.78 is 0. The van der Waals surface area contributed by atoms with E-state index in [1.54, 1.807) is 0 Å². The molecule has 3 aromatic rings. The Hall–Kier alpha value is -2.83. The lowest BCUT2D eigenvalue weighted by Crippen LogP contribution is -2.23. The fraction of sp³-hybridized carbons (Fsp3) is 0.312. The molecule has 0 fully saturated rings. The molecule has 0 saturated heterocycles. The van der Waals surface area contributed by atoms with E-state index < -0.39 is 0 Å². The van der Waals surface area contributed by atoms with Gasteiger partial charge in [-0.05, 0) is 26.0 Å². The summed E-state index contributed by atoms with van der Waals surface area (Å²) in [7, 11) is 1.84. The number of aromatic nitrogens is 4. The Morgan fingerprint density at radius 2 is 1.96 bits per heavy atom. The Bertz CT molecular complexity index is 820. The summed E-state index contributed by atoms with van der Waals surface area (Å²) in [5.74, 6) is 1.89. The summed E-state index contributed by atoms with van der Waals surface area (Å²) in [6, 6.07) is 5.95. The largest absolute Gasteiger partial charge is 0.373 e. The number of nitrogens with zero attached hydrogens (tertiary/aromatic N) is 4. The highest BCUT2D eigenvalue weighted by molar-refractivity contribution is 5.94. The third-order valence-electron chi connectivity index (χ3n) is 3.88. The lowest BCUT2D eigenvalue weighted by atomic mass is 10.1. The Morgan fingerprint density at radius 3 is 2.65 bits per heavy atom. The van der Waals surface area contributed by atoms with Crippen molar-refractivity contribution < 1.29 is 0 Å². The number of nitrogens with two attached hydrogens (primary N) is 1. The summed E-state index contributed by atoms with van der Waals surface area (Å²) >= 11 is 0. The first-order valence-electron chi connectivity index (χ1n) is 7.72. The molecule has 0 unspecified atom stereocenters. The number of rotatable bonds is 5. The maximum absolute atomic E-state index is 5.95. The summed E-state index contributed by atoms with van der Waals surface area (Å²) in [5, 5.41) is 4.08. The lowest BCUT2D eigenvalue weighted by molar-refractivity contribution is 0.844. The second-order valence-corrected chi connectivity index (χ2v) is 5.19. The highest BCUT2D eigenvalue weighted by atomic mass is 15.2. The molecular formula is C16H21N7. The fourth-order valence-electron chi connectivity index (χ4n) is 2.68. The Labute approximate surface area is 135 Å². The van der Waals surface area contributed by atoms with Crippen molar-refractivity contribution in [2.75, 3.05) is 36.1 Å². The molecule has 0 aliphatic heterocycles. The van der Waals surface area contributed by atoms with Crippen molar-refractivity contribution in [3.63, 3.8) is 0 Å². The van der Waals surface area contributed by atoms with Crippen molar-refractivity contribution in [2.45, 2.75) is 13.8 Å². The minimum atomic E-state index is 0.274. The van der Waals surface area contributed by atoms with Gasteiger partial charge in [-0.15, -0.1) is 0 Å². The average molecular weight is 311 g/mol. The summed E-state index contributed by atoms with van der Waals surface area (Å²) in [4.78, 5) is 18.6. The molecule has 4 N–H and O–H groups in total. The summed E-state index contributed by atoms with van der Waals surface area (Å²) in [5.41, 5.74) is 8.53. The zero-order chi connectivity index (χ0) is 16.4. The Morgan fingerprint density at radius 1 is 1.17 bits per heavy atom. The minimum Gasteiger partial charge on any atom is -0.373 e. The van der Waals surface area contributed by atoms with Gasteiger partial charge < -0.3 is 20.9 Å². The molecule has 7 nitrogen and oxygen atoms in total. The normalized spacial score (nSPS) is 10.9. The SMILES string of the molecule is CCN(CC)c1cc(-c2cc(NC)nc3[nH]ccc23)nc(N)n1. The molecular weight excluding hydrogens is 290 g/mol. The molecule has 3 heterocycles. The van der Waals surface area contributed by atoms with Crippen molar-refractivity contribution in [1.29, 1.82) is 0 Å². The van der Waals surface area contributed by atoms with Gasteiger partial charge in [0.05, 0.1) is 5.69 Å². The van der Waals surface area contributed by atoms with E-state index in [2.05, 4.69) is 44.0 Å². The second kappa shape index (κ2) is 6.12. The predicted molar refractivity (Wildman–Crippen MR) is 94.6 cm³/mol. The second-order valence-electron chi connectivity index (χ2n) is 5.19. The van der Waals surface area contributed by atoms with E-state index >= 15 is 0 Å². The number of H-pyrrole nitrogens is 1. The topological polar surface area (TPSA) is 95.8 Å². The highest BCUT2D eigenvalue weighted by Crippen LogP contribution is 2.30. The van der Waals surface area contributed by atoms with Gasteiger partial charge in [-0.3, -0.25) is 0 Å². The number of nitrogen functional groups attached to an aromatic ring is 1. The van der Waals surface area contributed by atoms with Gasteiger partial charge in [-0.2, -0.15) is 4.98 Å². The van der Waals surface area contributed by atoms with E-state index in [9.17, 15) is 0 Å². The standard InChI is InChI=1S/C16H21N7/c1-4-23(5-2)14-9-12(20-16(17)22-14)11-8-13(18-3)21-15-10(11)6-7-19-15/h6-9H,4-5H2,1-3H3,(H2,17,20,22)(H2,18,19,21). The molecule has 7 heteroatoms. The zero-order valence-electron chi connectivity index (χ0n) is 13.6. The van der Waals surface area contributed by atoms with Crippen molar-refractivity contribution in [3.05, 3.63) is 24.4 Å². The van der Waals surface area contributed by atoms with Gasteiger partial charge in [-0.1, -0.05) is 0 Å². The van der Waals surface area contributed by atoms with E-state index in [0.717, 1.165) is 47.0 Å². The van der Waals surface area contributed by atoms with Crippen LogP contribution in [0, 0.1) is 0 Å². The van der Waals surface area contributed by atoms with Gasteiger partial charge in [0.25, 0.3) is 0 Å². The molecule has 3 rings (SSSR count). The number of hydrogen-bond donors (Lipinski definition) is 3. The van der Waals surface area contributed by atoms with Crippen molar-refractivity contribution in [1.82, 2.24) is 19.9 Å². The number of fused-ring (bicyclic) bond motifs is 1. The number of hydrogen-bond acceptors (Lipinski definition) is 6. The van der Waals surface area contributed by atoms with Crippen LogP contribution in [-0.2, 0) is 0 Å². The molecule has 0 aliphatic carbocycles. The van der Waals surface area contributed by atoms with Crippen LogP contribution in [0.5, 0.6) is 0 Å².